The van der Waals surface area contributed by atoms with Crippen molar-refractivity contribution < 1.29 is 0 Å². The molecule has 0 aliphatic rings. The maximum Gasteiger partial charge on any atom is 0.0317 e. The van der Waals surface area contributed by atoms with Crippen molar-refractivity contribution in [2.75, 3.05) is 5.73 Å². The second kappa shape index (κ2) is 5.96. The predicted molar refractivity (Wildman–Crippen MR) is 81.0 cm³/mol. The van der Waals surface area contributed by atoms with E-state index in [4.69, 9.17) is 5.73 Å². The molecule has 2 N–H and O–H groups in total. The van der Waals surface area contributed by atoms with Gasteiger partial charge in [0.25, 0.3) is 0 Å². The van der Waals surface area contributed by atoms with Crippen LogP contribution in [0.1, 0.15) is 23.6 Å². The molecular formula is C16H19NS. The molecule has 0 atom stereocenters. The first kappa shape index (κ1) is 13.0. The van der Waals surface area contributed by atoms with Crippen LogP contribution >= 0.6 is 11.8 Å². The zero-order valence-corrected chi connectivity index (χ0v) is 11.8. The summed E-state index contributed by atoms with van der Waals surface area (Å²) in [5.74, 6) is 1.01. The first-order chi connectivity index (χ1) is 8.69. The van der Waals surface area contributed by atoms with Crippen LogP contribution in [0.3, 0.4) is 0 Å². The second-order valence-electron chi connectivity index (χ2n) is 4.48. The van der Waals surface area contributed by atoms with E-state index >= 15 is 0 Å². The minimum atomic E-state index is 0.837. The molecule has 0 amide bonds. The molecular weight excluding hydrogens is 238 g/mol. The third-order valence-corrected chi connectivity index (χ3v) is 4.27. The summed E-state index contributed by atoms with van der Waals surface area (Å²) < 4.78 is 0. The van der Waals surface area contributed by atoms with Gasteiger partial charge in [-0.1, -0.05) is 31.2 Å². The Labute approximate surface area is 113 Å². The van der Waals surface area contributed by atoms with Crippen LogP contribution in [0.15, 0.2) is 47.4 Å². The molecule has 0 aliphatic heterocycles. The molecule has 0 aliphatic carbocycles. The van der Waals surface area contributed by atoms with Crippen LogP contribution in [0.5, 0.6) is 0 Å². The summed E-state index contributed by atoms with van der Waals surface area (Å²) in [6, 6.07) is 15.0. The van der Waals surface area contributed by atoms with Gasteiger partial charge in [-0.2, -0.15) is 0 Å². The van der Waals surface area contributed by atoms with Gasteiger partial charge >= 0.3 is 0 Å². The Morgan fingerprint density at radius 3 is 2.28 bits per heavy atom. The highest BCUT2D eigenvalue weighted by atomic mass is 32.2. The number of aryl methyl sites for hydroxylation is 2. The molecule has 0 unspecified atom stereocenters. The summed E-state index contributed by atoms with van der Waals surface area (Å²) in [6.45, 7) is 4.29. The molecule has 2 rings (SSSR count). The highest BCUT2D eigenvalue weighted by molar-refractivity contribution is 7.98. The van der Waals surface area contributed by atoms with E-state index in [-0.39, 0.29) is 0 Å². The number of nitrogens with two attached hydrogens (primary N) is 1. The summed E-state index contributed by atoms with van der Waals surface area (Å²) in [4.78, 5) is 1.31. The lowest BCUT2D eigenvalue weighted by Gasteiger charge is -2.07. The number of hydrogen-bond acceptors (Lipinski definition) is 2. The maximum absolute atomic E-state index is 5.76. The summed E-state index contributed by atoms with van der Waals surface area (Å²) in [5.41, 5.74) is 10.6. The molecule has 0 spiro atoms. The van der Waals surface area contributed by atoms with Crippen molar-refractivity contribution in [2.45, 2.75) is 30.9 Å². The van der Waals surface area contributed by atoms with Crippen LogP contribution in [-0.2, 0) is 12.2 Å². The topological polar surface area (TPSA) is 26.0 Å². The second-order valence-corrected chi connectivity index (χ2v) is 5.50. The molecule has 0 radical (unpaired) electrons. The van der Waals surface area contributed by atoms with Crippen LogP contribution in [-0.4, -0.2) is 0 Å². The molecule has 2 aromatic rings. The van der Waals surface area contributed by atoms with Gasteiger partial charge in [0, 0.05) is 16.3 Å². The van der Waals surface area contributed by atoms with Gasteiger partial charge in [0.15, 0.2) is 0 Å². The molecule has 1 nitrogen and oxygen atoms in total. The van der Waals surface area contributed by atoms with Crippen molar-refractivity contribution >= 4 is 17.4 Å². The van der Waals surface area contributed by atoms with Crippen molar-refractivity contribution in [1.82, 2.24) is 0 Å². The highest BCUT2D eigenvalue weighted by Gasteiger charge is 2.01. The third kappa shape index (κ3) is 3.30. The Bertz CT molecular complexity index is 517. The van der Waals surface area contributed by atoms with Crippen LogP contribution < -0.4 is 5.73 Å². The molecule has 94 valence electrons. The van der Waals surface area contributed by atoms with Gasteiger partial charge < -0.3 is 5.73 Å². The van der Waals surface area contributed by atoms with Crippen molar-refractivity contribution in [1.29, 1.82) is 0 Å². The first-order valence-electron chi connectivity index (χ1n) is 6.26. The number of nitrogen functional groups attached to an aromatic ring is 1. The van der Waals surface area contributed by atoms with Crippen molar-refractivity contribution in [2.24, 2.45) is 0 Å². The van der Waals surface area contributed by atoms with E-state index in [1.807, 2.05) is 23.9 Å². The Morgan fingerprint density at radius 1 is 1.00 bits per heavy atom. The van der Waals surface area contributed by atoms with Gasteiger partial charge in [0.2, 0.25) is 0 Å². The summed E-state index contributed by atoms with van der Waals surface area (Å²) in [7, 11) is 0. The zero-order valence-electron chi connectivity index (χ0n) is 10.9. The van der Waals surface area contributed by atoms with E-state index in [1.54, 1.807) is 0 Å². The minimum Gasteiger partial charge on any atom is -0.399 e. The molecule has 0 saturated heterocycles. The Balaban J connectivity index is 2.02. The maximum atomic E-state index is 5.76. The van der Waals surface area contributed by atoms with Gasteiger partial charge in [-0.25, -0.2) is 0 Å². The molecule has 0 aromatic heterocycles. The lowest BCUT2D eigenvalue weighted by atomic mass is 10.1. The SMILES string of the molecule is CCc1ccc(CSc2ccc(N)cc2C)cc1. The molecule has 0 bridgehead atoms. The monoisotopic (exact) mass is 257 g/mol. The summed E-state index contributed by atoms with van der Waals surface area (Å²) >= 11 is 1.87. The highest BCUT2D eigenvalue weighted by Crippen LogP contribution is 2.27. The Hall–Kier alpha value is -1.41. The lowest BCUT2D eigenvalue weighted by molar-refractivity contribution is 1.13. The van der Waals surface area contributed by atoms with E-state index in [2.05, 4.69) is 44.2 Å². The normalized spacial score (nSPS) is 10.6. The number of benzene rings is 2. The number of hydrogen-bond donors (Lipinski definition) is 1. The fourth-order valence-corrected chi connectivity index (χ4v) is 2.83. The summed E-state index contributed by atoms with van der Waals surface area (Å²) in [6.07, 6.45) is 1.10. The standard InChI is InChI=1S/C16H19NS/c1-3-13-4-6-14(7-5-13)11-18-16-9-8-15(17)10-12(16)2/h4-10H,3,11,17H2,1-2H3. The lowest BCUT2D eigenvalue weighted by Crippen LogP contribution is -1.88. The molecule has 0 heterocycles. The van der Waals surface area contributed by atoms with Crippen LogP contribution in [0.2, 0.25) is 0 Å². The van der Waals surface area contributed by atoms with Gasteiger partial charge in [0.05, 0.1) is 0 Å². The van der Waals surface area contributed by atoms with Crippen LogP contribution in [0, 0.1) is 6.92 Å². The van der Waals surface area contributed by atoms with Gasteiger partial charge in [0.1, 0.15) is 0 Å². The fraction of sp³-hybridized carbons (Fsp3) is 0.250. The van der Waals surface area contributed by atoms with Crippen LogP contribution in [0.4, 0.5) is 5.69 Å². The Morgan fingerprint density at radius 2 is 1.67 bits per heavy atom. The average Bonchev–Trinajstić information content (AvgIpc) is 2.38. The van der Waals surface area contributed by atoms with Crippen molar-refractivity contribution in [3.63, 3.8) is 0 Å². The quantitative estimate of drug-likeness (QED) is 0.647. The molecule has 18 heavy (non-hydrogen) atoms. The molecule has 2 aromatic carbocycles. The van der Waals surface area contributed by atoms with Gasteiger partial charge in [-0.3, -0.25) is 0 Å². The van der Waals surface area contributed by atoms with E-state index in [0.717, 1.165) is 17.9 Å². The zero-order chi connectivity index (χ0) is 13.0. The largest absolute Gasteiger partial charge is 0.399 e. The van der Waals surface area contributed by atoms with Gasteiger partial charge in [-0.15, -0.1) is 11.8 Å². The van der Waals surface area contributed by atoms with Gasteiger partial charge in [-0.05, 0) is 48.2 Å². The minimum absolute atomic E-state index is 0.837. The van der Waals surface area contributed by atoms with Crippen molar-refractivity contribution in [3.05, 3.63) is 59.2 Å². The average molecular weight is 257 g/mol. The fourth-order valence-electron chi connectivity index (χ4n) is 1.87. The van der Waals surface area contributed by atoms with Crippen molar-refractivity contribution in [3.8, 4) is 0 Å². The van der Waals surface area contributed by atoms with E-state index in [9.17, 15) is 0 Å². The van der Waals surface area contributed by atoms with E-state index in [0.29, 0.717) is 0 Å². The summed E-state index contributed by atoms with van der Waals surface area (Å²) in [5, 5.41) is 0. The molecule has 0 saturated carbocycles. The number of rotatable bonds is 4. The van der Waals surface area contributed by atoms with Crippen LogP contribution in [0.25, 0.3) is 0 Å². The van der Waals surface area contributed by atoms with E-state index in [1.165, 1.54) is 21.6 Å². The smallest absolute Gasteiger partial charge is 0.0317 e. The number of thioether (sulfide) groups is 1. The third-order valence-electron chi connectivity index (χ3n) is 3.02. The Kier molecular flexibility index (Phi) is 4.32. The first-order valence-corrected chi connectivity index (χ1v) is 7.24. The number of anilines is 1. The molecule has 2 heteroatoms. The molecule has 0 fully saturated rings. The van der Waals surface area contributed by atoms with E-state index < -0.39 is 0 Å². The predicted octanol–water partition coefficient (Wildman–Crippen LogP) is 4.43.